The number of hydrogen-bond acceptors (Lipinski definition) is 5. The van der Waals surface area contributed by atoms with Crippen molar-refractivity contribution in [3.8, 4) is 28.5 Å². The van der Waals surface area contributed by atoms with Crippen molar-refractivity contribution in [2.45, 2.75) is 0 Å². The monoisotopic (exact) mass is 299 g/mol. The second-order valence-electron chi connectivity index (χ2n) is 4.69. The summed E-state index contributed by atoms with van der Waals surface area (Å²) in [5.41, 5.74) is 8.47. The van der Waals surface area contributed by atoms with Crippen molar-refractivity contribution < 1.29 is 14.2 Å². The third-order valence-electron chi connectivity index (χ3n) is 3.51. The predicted octanol–water partition coefficient (Wildman–Crippen LogP) is 2.61. The molecule has 0 bridgehead atoms. The summed E-state index contributed by atoms with van der Waals surface area (Å²) in [6.45, 7) is 0. The Bertz CT molecular complexity index is 802. The van der Waals surface area contributed by atoms with Crippen molar-refractivity contribution in [1.82, 2.24) is 9.38 Å². The molecule has 114 valence electrons. The summed E-state index contributed by atoms with van der Waals surface area (Å²) >= 11 is 0. The van der Waals surface area contributed by atoms with Crippen LogP contribution in [0.1, 0.15) is 0 Å². The zero-order chi connectivity index (χ0) is 15.7. The van der Waals surface area contributed by atoms with E-state index in [4.69, 9.17) is 19.9 Å². The fourth-order valence-corrected chi connectivity index (χ4v) is 2.45. The number of methoxy groups -OCH3 is 3. The number of pyridine rings is 1. The summed E-state index contributed by atoms with van der Waals surface area (Å²) < 4.78 is 17.9. The number of aromatic nitrogens is 2. The minimum absolute atomic E-state index is 0.538. The van der Waals surface area contributed by atoms with Crippen molar-refractivity contribution in [3.63, 3.8) is 0 Å². The average molecular weight is 299 g/mol. The summed E-state index contributed by atoms with van der Waals surface area (Å²) in [6.07, 6.45) is 1.87. The molecule has 6 heteroatoms. The van der Waals surface area contributed by atoms with Gasteiger partial charge in [0.05, 0.1) is 21.3 Å². The normalized spacial score (nSPS) is 10.7. The summed E-state index contributed by atoms with van der Waals surface area (Å²) in [6, 6.07) is 9.39. The lowest BCUT2D eigenvalue weighted by atomic mass is 10.1. The smallest absolute Gasteiger partial charge is 0.203 e. The van der Waals surface area contributed by atoms with Crippen LogP contribution in [-0.4, -0.2) is 30.7 Å². The van der Waals surface area contributed by atoms with Crippen LogP contribution in [0.25, 0.3) is 16.9 Å². The average Bonchev–Trinajstić information content (AvgIpc) is 2.90. The molecule has 0 spiro atoms. The molecule has 0 aliphatic carbocycles. The van der Waals surface area contributed by atoms with Gasteiger partial charge in [0.15, 0.2) is 11.5 Å². The minimum Gasteiger partial charge on any atom is -0.493 e. The molecular weight excluding hydrogens is 282 g/mol. The molecule has 0 unspecified atom stereocenters. The molecule has 22 heavy (non-hydrogen) atoms. The summed E-state index contributed by atoms with van der Waals surface area (Å²) in [5, 5.41) is 0. The quantitative estimate of drug-likeness (QED) is 0.802. The zero-order valence-corrected chi connectivity index (χ0v) is 12.7. The Morgan fingerprint density at radius 1 is 1.00 bits per heavy atom. The van der Waals surface area contributed by atoms with E-state index in [2.05, 4.69) is 4.98 Å². The first-order valence-electron chi connectivity index (χ1n) is 6.72. The number of hydrogen-bond donors (Lipinski definition) is 1. The van der Waals surface area contributed by atoms with Gasteiger partial charge in [0.1, 0.15) is 17.2 Å². The Kier molecular flexibility index (Phi) is 3.50. The highest BCUT2D eigenvalue weighted by molar-refractivity contribution is 5.78. The van der Waals surface area contributed by atoms with Crippen molar-refractivity contribution >= 4 is 11.5 Å². The Labute approximate surface area is 128 Å². The molecule has 2 heterocycles. The van der Waals surface area contributed by atoms with Crippen LogP contribution in [0.5, 0.6) is 17.2 Å². The first kappa shape index (κ1) is 14.1. The molecule has 2 aromatic heterocycles. The predicted molar refractivity (Wildman–Crippen MR) is 84.7 cm³/mol. The van der Waals surface area contributed by atoms with Crippen LogP contribution in [-0.2, 0) is 0 Å². The van der Waals surface area contributed by atoms with Crippen molar-refractivity contribution in [2.24, 2.45) is 0 Å². The van der Waals surface area contributed by atoms with Gasteiger partial charge in [0.2, 0.25) is 5.75 Å². The summed E-state index contributed by atoms with van der Waals surface area (Å²) in [4.78, 5) is 4.57. The third-order valence-corrected chi connectivity index (χ3v) is 3.51. The number of ether oxygens (including phenoxy) is 3. The lowest BCUT2D eigenvalue weighted by molar-refractivity contribution is 0.324. The number of benzene rings is 1. The Morgan fingerprint density at radius 3 is 2.23 bits per heavy atom. The third kappa shape index (κ3) is 2.09. The van der Waals surface area contributed by atoms with Gasteiger partial charge in [-0.25, -0.2) is 4.98 Å². The molecule has 1 aromatic carbocycles. The molecule has 2 N–H and O–H groups in total. The van der Waals surface area contributed by atoms with Gasteiger partial charge in [0, 0.05) is 11.8 Å². The molecule has 0 atom stereocenters. The van der Waals surface area contributed by atoms with E-state index in [9.17, 15) is 0 Å². The number of nitrogens with zero attached hydrogens (tertiary/aromatic N) is 2. The van der Waals surface area contributed by atoms with E-state index in [0.29, 0.717) is 28.8 Å². The lowest BCUT2D eigenvalue weighted by Crippen LogP contribution is -1.97. The van der Waals surface area contributed by atoms with Crippen molar-refractivity contribution in [1.29, 1.82) is 0 Å². The van der Waals surface area contributed by atoms with Gasteiger partial charge >= 0.3 is 0 Å². The lowest BCUT2D eigenvalue weighted by Gasteiger charge is -2.13. The molecule has 0 aliphatic rings. The van der Waals surface area contributed by atoms with Crippen molar-refractivity contribution in [3.05, 3.63) is 36.5 Å². The molecule has 0 saturated carbocycles. The highest BCUT2D eigenvalue weighted by atomic mass is 16.5. The number of nitrogens with two attached hydrogens (primary N) is 1. The van der Waals surface area contributed by atoms with Gasteiger partial charge in [0.25, 0.3) is 0 Å². The maximum Gasteiger partial charge on any atom is 0.203 e. The molecule has 3 rings (SSSR count). The van der Waals surface area contributed by atoms with E-state index < -0.39 is 0 Å². The number of nitrogen functional groups attached to an aromatic ring is 1. The van der Waals surface area contributed by atoms with Gasteiger partial charge in [-0.2, -0.15) is 0 Å². The molecule has 0 radical (unpaired) electrons. The first-order valence-corrected chi connectivity index (χ1v) is 6.72. The number of fused-ring (bicyclic) bond motifs is 1. The van der Waals surface area contributed by atoms with Gasteiger partial charge in [-0.15, -0.1) is 0 Å². The van der Waals surface area contributed by atoms with Crippen LogP contribution in [0.15, 0.2) is 36.5 Å². The molecule has 3 aromatic rings. The number of imidazole rings is 1. The van der Waals surface area contributed by atoms with E-state index in [-0.39, 0.29) is 0 Å². The molecule has 0 saturated heterocycles. The minimum atomic E-state index is 0.538. The fraction of sp³-hybridized carbons (Fsp3) is 0.188. The highest BCUT2D eigenvalue weighted by Gasteiger charge is 2.18. The number of anilines is 1. The van der Waals surface area contributed by atoms with Crippen LogP contribution in [0.3, 0.4) is 0 Å². The van der Waals surface area contributed by atoms with Crippen LogP contribution in [0, 0.1) is 0 Å². The maximum absolute atomic E-state index is 6.21. The Morgan fingerprint density at radius 2 is 1.68 bits per heavy atom. The van der Waals surface area contributed by atoms with Crippen molar-refractivity contribution in [2.75, 3.05) is 27.1 Å². The van der Waals surface area contributed by atoms with E-state index in [1.54, 1.807) is 21.3 Å². The Hall–Kier alpha value is -2.89. The van der Waals surface area contributed by atoms with Gasteiger partial charge in [-0.1, -0.05) is 6.07 Å². The van der Waals surface area contributed by atoms with Crippen LogP contribution < -0.4 is 19.9 Å². The SMILES string of the molecule is COc1cc(-c2nc3ccccn3c2N)cc(OC)c1OC. The van der Waals surface area contributed by atoms with E-state index in [0.717, 1.165) is 11.2 Å². The standard InChI is InChI=1S/C16H17N3O3/c1-20-11-8-10(9-12(21-2)15(11)22-3)14-16(17)19-7-5-4-6-13(19)18-14/h4-9H,17H2,1-3H3. The summed E-state index contributed by atoms with van der Waals surface area (Å²) in [7, 11) is 4.72. The maximum atomic E-state index is 6.21. The fourth-order valence-electron chi connectivity index (χ4n) is 2.45. The molecule has 6 nitrogen and oxygen atoms in total. The van der Waals surface area contributed by atoms with Gasteiger partial charge < -0.3 is 19.9 Å². The Balaban J connectivity index is 2.24. The van der Waals surface area contributed by atoms with Gasteiger partial charge in [-0.3, -0.25) is 4.40 Å². The molecule has 0 fully saturated rings. The number of rotatable bonds is 4. The van der Waals surface area contributed by atoms with E-state index in [1.807, 2.05) is 40.9 Å². The summed E-state index contributed by atoms with van der Waals surface area (Å²) in [5.74, 6) is 2.22. The van der Waals surface area contributed by atoms with E-state index in [1.165, 1.54) is 0 Å². The van der Waals surface area contributed by atoms with E-state index >= 15 is 0 Å². The zero-order valence-electron chi connectivity index (χ0n) is 12.7. The highest BCUT2D eigenvalue weighted by Crippen LogP contribution is 2.42. The second-order valence-corrected chi connectivity index (χ2v) is 4.69. The first-order chi connectivity index (χ1) is 10.7. The molecular formula is C16H17N3O3. The van der Waals surface area contributed by atoms with Crippen LogP contribution in [0.4, 0.5) is 5.82 Å². The van der Waals surface area contributed by atoms with Crippen LogP contribution in [0.2, 0.25) is 0 Å². The van der Waals surface area contributed by atoms with Crippen LogP contribution >= 0.6 is 0 Å². The topological polar surface area (TPSA) is 71.0 Å². The molecule has 0 aliphatic heterocycles. The second kappa shape index (κ2) is 5.48. The largest absolute Gasteiger partial charge is 0.493 e. The van der Waals surface area contributed by atoms with Gasteiger partial charge in [-0.05, 0) is 24.3 Å². The molecule has 0 amide bonds.